The molecule has 0 bridgehead atoms. The Balaban J connectivity index is 1.68. The van der Waals surface area contributed by atoms with Crippen molar-refractivity contribution in [2.45, 2.75) is 19.0 Å². The number of nitrogens with one attached hydrogen (secondary N) is 1. The zero-order valence-electron chi connectivity index (χ0n) is 11.7. The Morgan fingerprint density at radius 1 is 1.35 bits per heavy atom. The average molecular weight is 317 g/mol. The predicted octanol–water partition coefficient (Wildman–Crippen LogP) is 1.55. The molecule has 0 amide bonds. The minimum absolute atomic E-state index is 0.129. The van der Waals surface area contributed by atoms with Gasteiger partial charge in [0, 0.05) is 30.7 Å². The molecule has 1 aromatic carbocycles. The van der Waals surface area contributed by atoms with E-state index in [2.05, 4.69) is 17.3 Å². The molecule has 1 unspecified atom stereocenters. The first kappa shape index (κ1) is 15.8. The highest BCUT2D eigenvalue weighted by atomic mass is 35.5. The molecule has 1 saturated heterocycles. The van der Waals surface area contributed by atoms with Crippen LogP contribution < -0.4 is 5.32 Å². The van der Waals surface area contributed by atoms with Crippen LogP contribution in [0.4, 0.5) is 0 Å². The SMILES string of the molecule is CN(CCNC1CCS(=O)(=O)C1)Cc1ccc(Cl)cc1. The molecule has 1 aliphatic heterocycles. The quantitative estimate of drug-likeness (QED) is 0.865. The second-order valence-corrected chi connectivity index (χ2v) is 8.08. The summed E-state index contributed by atoms with van der Waals surface area (Å²) < 4.78 is 22.7. The zero-order chi connectivity index (χ0) is 14.6. The lowest BCUT2D eigenvalue weighted by Crippen LogP contribution is -2.36. The molecule has 20 heavy (non-hydrogen) atoms. The van der Waals surface area contributed by atoms with Crippen molar-refractivity contribution in [3.8, 4) is 0 Å². The Morgan fingerprint density at radius 2 is 2.05 bits per heavy atom. The van der Waals surface area contributed by atoms with Crippen LogP contribution in [0.5, 0.6) is 0 Å². The van der Waals surface area contributed by atoms with Gasteiger partial charge in [0.15, 0.2) is 9.84 Å². The van der Waals surface area contributed by atoms with Crippen LogP contribution in [0.25, 0.3) is 0 Å². The summed E-state index contributed by atoms with van der Waals surface area (Å²) in [7, 11) is -0.730. The van der Waals surface area contributed by atoms with E-state index in [1.54, 1.807) is 0 Å². The molecule has 1 fully saturated rings. The van der Waals surface area contributed by atoms with Gasteiger partial charge in [0.25, 0.3) is 0 Å². The fourth-order valence-corrected chi connectivity index (χ4v) is 4.23. The van der Waals surface area contributed by atoms with Gasteiger partial charge in [-0.15, -0.1) is 0 Å². The predicted molar refractivity (Wildman–Crippen MR) is 82.8 cm³/mol. The third-order valence-corrected chi connectivity index (χ3v) is 5.54. The Hall–Kier alpha value is -0.620. The summed E-state index contributed by atoms with van der Waals surface area (Å²) in [6.07, 6.45) is 0.739. The first-order valence-electron chi connectivity index (χ1n) is 6.81. The summed E-state index contributed by atoms with van der Waals surface area (Å²) in [5, 5.41) is 4.07. The van der Waals surface area contributed by atoms with E-state index in [-0.39, 0.29) is 11.8 Å². The topological polar surface area (TPSA) is 49.4 Å². The van der Waals surface area contributed by atoms with Gasteiger partial charge in [0.2, 0.25) is 0 Å². The van der Waals surface area contributed by atoms with Crippen molar-refractivity contribution in [1.82, 2.24) is 10.2 Å². The molecular weight excluding hydrogens is 296 g/mol. The molecule has 0 radical (unpaired) electrons. The monoisotopic (exact) mass is 316 g/mol. The normalized spacial score (nSPS) is 21.4. The highest BCUT2D eigenvalue weighted by Crippen LogP contribution is 2.12. The van der Waals surface area contributed by atoms with Crippen molar-refractivity contribution in [1.29, 1.82) is 0 Å². The van der Waals surface area contributed by atoms with Crippen LogP contribution in [0.2, 0.25) is 5.02 Å². The molecule has 2 rings (SSSR count). The van der Waals surface area contributed by atoms with Crippen molar-refractivity contribution in [2.24, 2.45) is 0 Å². The highest BCUT2D eigenvalue weighted by Gasteiger charge is 2.27. The molecule has 0 aromatic heterocycles. The molecule has 1 heterocycles. The number of hydrogen-bond donors (Lipinski definition) is 1. The molecule has 0 spiro atoms. The minimum atomic E-state index is -2.79. The molecule has 6 heteroatoms. The molecule has 1 atom stereocenters. The van der Waals surface area contributed by atoms with Crippen LogP contribution in [-0.2, 0) is 16.4 Å². The molecule has 112 valence electrons. The first-order valence-corrected chi connectivity index (χ1v) is 9.01. The Kier molecular flexibility index (Phi) is 5.43. The van der Waals surface area contributed by atoms with E-state index in [1.165, 1.54) is 5.56 Å². The summed E-state index contributed by atoms with van der Waals surface area (Å²) in [5.74, 6) is 0.610. The molecule has 0 saturated carbocycles. The van der Waals surface area contributed by atoms with E-state index in [1.807, 2.05) is 24.3 Å². The summed E-state index contributed by atoms with van der Waals surface area (Å²) >= 11 is 5.85. The molecule has 1 aromatic rings. The maximum absolute atomic E-state index is 11.3. The van der Waals surface area contributed by atoms with Crippen LogP contribution in [-0.4, -0.2) is 51.0 Å². The molecule has 4 nitrogen and oxygen atoms in total. The van der Waals surface area contributed by atoms with Gasteiger partial charge in [-0.2, -0.15) is 0 Å². The van der Waals surface area contributed by atoms with Crippen molar-refractivity contribution in [2.75, 3.05) is 31.6 Å². The summed E-state index contributed by atoms with van der Waals surface area (Å²) in [4.78, 5) is 2.21. The van der Waals surface area contributed by atoms with Gasteiger partial charge in [-0.1, -0.05) is 23.7 Å². The fourth-order valence-electron chi connectivity index (χ4n) is 2.40. The molecule has 1 N–H and O–H groups in total. The number of benzene rings is 1. The lowest BCUT2D eigenvalue weighted by atomic mass is 10.2. The van der Waals surface area contributed by atoms with Gasteiger partial charge in [0.1, 0.15) is 0 Å². The van der Waals surface area contributed by atoms with Crippen molar-refractivity contribution in [3.05, 3.63) is 34.9 Å². The van der Waals surface area contributed by atoms with E-state index in [9.17, 15) is 8.42 Å². The van der Waals surface area contributed by atoms with E-state index >= 15 is 0 Å². The lowest BCUT2D eigenvalue weighted by Gasteiger charge is -2.18. The van der Waals surface area contributed by atoms with Crippen LogP contribution in [0.15, 0.2) is 24.3 Å². The summed E-state index contributed by atoms with van der Waals surface area (Å²) in [5.41, 5.74) is 1.22. The highest BCUT2D eigenvalue weighted by molar-refractivity contribution is 7.91. The molecule has 1 aliphatic rings. The molecular formula is C14H21ClN2O2S. The lowest BCUT2D eigenvalue weighted by molar-refractivity contribution is 0.319. The van der Waals surface area contributed by atoms with Gasteiger partial charge < -0.3 is 10.2 Å². The number of likely N-dealkylation sites (N-methyl/N-ethyl adjacent to an activating group) is 1. The van der Waals surface area contributed by atoms with E-state index in [0.29, 0.717) is 5.75 Å². The van der Waals surface area contributed by atoms with Gasteiger partial charge >= 0.3 is 0 Å². The summed E-state index contributed by atoms with van der Waals surface area (Å²) in [6, 6.07) is 7.97. The van der Waals surface area contributed by atoms with Crippen LogP contribution in [0.3, 0.4) is 0 Å². The Bertz CT molecular complexity index is 531. The van der Waals surface area contributed by atoms with E-state index in [4.69, 9.17) is 11.6 Å². The maximum Gasteiger partial charge on any atom is 0.151 e. The maximum atomic E-state index is 11.3. The number of hydrogen-bond acceptors (Lipinski definition) is 4. The van der Waals surface area contributed by atoms with Crippen LogP contribution in [0.1, 0.15) is 12.0 Å². The van der Waals surface area contributed by atoms with Gasteiger partial charge in [-0.25, -0.2) is 8.42 Å². The van der Waals surface area contributed by atoms with Crippen molar-refractivity contribution in [3.63, 3.8) is 0 Å². The first-order chi connectivity index (χ1) is 9.44. The minimum Gasteiger partial charge on any atom is -0.312 e. The van der Waals surface area contributed by atoms with Gasteiger partial charge in [0.05, 0.1) is 11.5 Å². The van der Waals surface area contributed by atoms with Gasteiger partial charge in [-0.3, -0.25) is 0 Å². The average Bonchev–Trinajstić information content (AvgIpc) is 2.72. The van der Waals surface area contributed by atoms with Crippen LogP contribution in [0, 0.1) is 0 Å². The second-order valence-electron chi connectivity index (χ2n) is 5.42. The zero-order valence-corrected chi connectivity index (χ0v) is 13.3. The third-order valence-electron chi connectivity index (χ3n) is 3.52. The molecule has 0 aliphatic carbocycles. The van der Waals surface area contributed by atoms with Gasteiger partial charge in [-0.05, 0) is 31.2 Å². The van der Waals surface area contributed by atoms with E-state index in [0.717, 1.165) is 31.1 Å². The number of nitrogens with zero attached hydrogens (tertiary/aromatic N) is 1. The van der Waals surface area contributed by atoms with Crippen LogP contribution >= 0.6 is 11.6 Å². The number of sulfone groups is 1. The number of rotatable bonds is 6. The fraction of sp³-hybridized carbons (Fsp3) is 0.571. The Labute approximate surface area is 126 Å². The second kappa shape index (κ2) is 6.89. The summed E-state index contributed by atoms with van der Waals surface area (Å²) in [6.45, 7) is 2.56. The van der Waals surface area contributed by atoms with E-state index < -0.39 is 9.84 Å². The Morgan fingerprint density at radius 3 is 2.65 bits per heavy atom. The smallest absolute Gasteiger partial charge is 0.151 e. The van der Waals surface area contributed by atoms with Crippen molar-refractivity contribution >= 4 is 21.4 Å². The van der Waals surface area contributed by atoms with Crippen molar-refractivity contribution < 1.29 is 8.42 Å². The third kappa shape index (κ3) is 5.05. The largest absolute Gasteiger partial charge is 0.312 e. The standard InChI is InChI=1S/C14H21ClN2O2S/c1-17(10-12-2-4-13(15)5-3-12)8-7-16-14-6-9-20(18,19)11-14/h2-5,14,16H,6-11H2,1H3. The number of halogens is 1.